The summed E-state index contributed by atoms with van der Waals surface area (Å²) in [6.07, 6.45) is 0.905. The van der Waals surface area contributed by atoms with Gasteiger partial charge < -0.3 is 5.73 Å². The number of rotatable bonds is 3. The second-order valence-electron chi connectivity index (χ2n) is 3.47. The average molecular weight is 184 g/mol. The molecule has 1 aromatic heterocycles. The maximum Gasteiger partial charge on any atom is 0.0897 e. The summed E-state index contributed by atoms with van der Waals surface area (Å²) in [5, 5.41) is 3.22. The van der Waals surface area contributed by atoms with Crippen LogP contribution in [0.4, 0.5) is 0 Å². The zero-order chi connectivity index (χ0) is 9.14. The van der Waals surface area contributed by atoms with E-state index in [2.05, 4.69) is 24.2 Å². The first kappa shape index (κ1) is 9.68. The summed E-state index contributed by atoms with van der Waals surface area (Å²) in [5.41, 5.74) is 7.06. The molecule has 0 aromatic carbocycles. The summed E-state index contributed by atoms with van der Waals surface area (Å²) in [4.78, 5) is 4.37. The van der Waals surface area contributed by atoms with Crippen LogP contribution in [0.2, 0.25) is 0 Å². The molecule has 0 radical (unpaired) electrons. The van der Waals surface area contributed by atoms with Gasteiger partial charge in [-0.15, -0.1) is 11.3 Å². The van der Waals surface area contributed by atoms with Gasteiger partial charge in [0.15, 0.2) is 0 Å². The lowest BCUT2D eigenvalue weighted by Gasteiger charge is -2.13. The number of hydrogen-bond donors (Lipinski definition) is 1. The Hall–Kier alpha value is -0.410. The van der Waals surface area contributed by atoms with Crippen molar-refractivity contribution in [2.45, 2.75) is 33.2 Å². The van der Waals surface area contributed by atoms with Crippen LogP contribution in [0.3, 0.4) is 0 Å². The molecule has 1 rings (SSSR count). The first-order valence-corrected chi connectivity index (χ1v) is 5.14. The highest BCUT2D eigenvalue weighted by molar-refractivity contribution is 7.09. The van der Waals surface area contributed by atoms with Crippen molar-refractivity contribution in [1.82, 2.24) is 4.98 Å². The van der Waals surface area contributed by atoms with E-state index in [0.29, 0.717) is 5.92 Å². The molecule has 0 amide bonds. The van der Waals surface area contributed by atoms with Gasteiger partial charge in [0.2, 0.25) is 0 Å². The van der Waals surface area contributed by atoms with E-state index in [1.807, 2.05) is 6.92 Å². The van der Waals surface area contributed by atoms with Crippen molar-refractivity contribution in [1.29, 1.82) is 0 Å². The largest absolute Gasteiger partial charge is 0.327 e. The van der Waals surface area contributed by atoms with Gasteiger partial charge in [-0.1, -0.05) is 13.8 Å². The Balaban J connectivity index is 2.52. The lowest BCUT2D eigenvalue weighted by atomic mass is 10.0. The number of aromatic nitrogens is 1. The maximum atomic E-state index is 5.92. The smallest absolute Gasteiger partial charge is 0.0897 e. The van der Waals surface area contributed by atoms with Gasteiger partial charge >= 0.3 is 0 Å². The summed E-state index contributed by atoms with van der Waals surface area (Å²) < 4.78 is 0. The fourth-order valence-corrected chi connectivity index (χ4v) is 1.60. The Morgan fingerprint density at radius 1 is 1.58 bits per heavy atom. The quantitative estimate of drug-likeness (QED) is 0.780. The predicted molar refractivity (Wildman–Crippen MR) is 53.4 cm³/mol. The van der Waals surface area contributed by atoms with Crippen LogP contribution in [0.5, 0.6) is 0 Å². The van der Waals surface area contributed by atoms with E-state index in [9.17, 15) is 0 Å². The van der Waals surface area contributed by atoms with Crippen molar-refractivity contribution in [2.24, 2.45) is 11.7 Å². The van der Waals surface area contributed by atoms with Gasteiger partial charge in [0.1, 0.15) is 0 Å². The molecule has 68 valence electrons. The minimum atomic E-state index is 0.242. The minimum absolute atomic E-state index is 0.242. The van der Waals surface area contributed by atoms with Crippen molar-refractivity contribution < 1.29 is 0 Å². The van der Waals surface area contributed by atoms with E-state index >= 15 is 0 Å². The highest BCUT2D eigenvalue weighted by Gasteiger charge is 2.09. The molecule has 2 N–H and O–H groups in total. The predicted octanol–water partition coefficient (Wildman–Crippen LogP) is 1.98. The Morgan fingerprint density at radius 3 is 2.67 bits per heavy atom. The first-order chi connectivity index (χ1) is 5.59. The van der Waals surface area contributed by atoms with Gasteiger partial charge in [0, 0.05) is 17.8 Å². The number of aryl methyl sites for hydroxylation is 1. The highest BCUT2D eigenvalue weighted by atomic mass is 32.1. The summed E-state index contributed by atoms with van der Waals surface area (Å²) >= 11 is 1.69. The van der Waals surface area contributed by atoms with Crippen LogP contribution in [-0.4, -0.2) is 11.0 Å². The maximum absolute atomic E-state index is 5.92. The van der Waals surface area contributed by atoms with Crippen LogP contribution in [0, 0.1) is 12.8 Å². The van der Waals surface area contributed by atoms with Crippen molar-refractivity contribution in [3.8, 4) is 0 Å². The molecule has 3 heteroatoms. The molecule has 2 nitrogen and oxygen atoms in total. The van der Waals surface area contributed by atoms with E-state index in [4.69, 9.17) is 5.73 Å². The summed E-state index contributed by atoms with van der Waals surface area (Å²) in [6.45, 7) is 6.31. The number of nitrogens with zero attached hydrogens (tertiary/aromatic N) is 1. The molecular formula is C9H16N2S. The zero-order valence-corrected chi connectivity index (χ0v) is 8.69. The van der Waals surface area contributed by atoms with E-state index in [0.717, 1.165) is 17.1 Å². The van der Waals surface area contributed by atoms with Gasteiger partial charge in [-0.3, -0.25) is 0 Å². The molecule has 1 atom stereocenters. The molecule has 0 saturated carbocycles. The third-order valence-corrected chi connectivity index (χ3v) is 2.79. The molecule has 0 aliphatic rings. The lowest BCUT2D eigenvalue weighted by molar-refractivity contribution is 0.487. The summed E-state index contributed by atoms with van der Waals surface area (Å²) in [6, 6.07) is 0.242. The number of hydrogen-bond acceptors (Lipinski definition) is 3. The standard InChI is InChI=1S/C9H16N2S/c1-6(2)9(10)4-8-5-12-7(3)11-8/h5-6,9H,4,10H2,1-3H3. The summed E-state index contributed by atoms with van der Waals surface area (Å²) in [5.74, 6) is 0.534. The Labute approximate surface area is 77.8 Å². The number of nitrogens with two attached hydrogens (primary N) is 1. The van der Waals surface area contributed by atoms with Crippen LogP contribution in [0.25, 0.3) is 0 Å². The molecule has 1 unspecified atom stereocenters. The van der Waals surface area contributed by atoms with Crippen molar-refractivity contribution in [3.63, 3.8) is 0 Å². The van der Waals surface area contributed by atoms with Gasteiger partial charge in [0.05, 0.1) is 10.7 Å². The topological polar surface area (TPSA) is 38.9 Å². The lowest BCUT2D eigenvalue weighted by Crippen LogP contribution is -2.28. The molecule has 12 heavy (non-hydrogen) atoms. The molecule has 1 heterocycles. The SMILES string of the molecule is Cc1nc(CC(N)C(C)C)cs1. The Kier molecular flexibility index (Phi) is 3.23. The second-order valence-corrected chi connectivity index (χ2v) is 4.53. The fraction of sp³-hybridized carbons (Fsp3) is 0.667. The van der Waals surface area contributed by atoms with Crippen molar-refractivity contribution in [3.05, 3.63) is 16.1 Å². The third-order valence-electron chi connectivity index (χ3n) is 1.97. The van der Waals surface area contributed by atoms with Crippen molar-refractivity contribution >= 4 is 11.3 Å². The molecule has 0 bridgehead atoms. The van der Waals surface area contributed by atoms with E-state index in [1.54, 1.807) is 11.3 Å². The van der Waals surface area contributed by atoms with E-state index < -0.39 is 0 Å². The molecule has 0 aliphatic heterocycles. The minimum Gasteiger partial charge on any atom is -0.327 e. The molecular weight excluding hydrogens is 168 g/mol. The summed E-state index contributed by atoms with van der Waals surface area (Å²) in [7, 11) is 0. The third kappa shape index (κ3) is 2.57. The fourth-order valence-electron chi connectivity index (χ4n) is 0.979. The van der Waals surface area contributed by atoms with Crippen molar-refractivity contribution in [2.75, 3.05) is 0 Å². The van der Waals surface area contributed by atoms with Gasteiger partial charge in [-0.25, -0.2) is 4.98 Å². The Bertz CT molecular complexity index is 242. The monoisotopic (exact) mass is 184 g/mol. The normalized spacial score (nSPS) is 13.8. The van der Waals surface area contributed by atoms with Gasteiger partial charge in [-0.05, 0) is 12.8 Å². The molecule has 0 fully saturated rings. The van der Waals surface area contributed by atoms with E-state index in [1.165, 1.54) is 0 Å². The molecule has 1 aromatic rings. The van der Waals surface area contributed by atoms with Crippen LogP contribution in [0.1, 0.15) is 24.5 Å². The molecule has 0 aliphatic carbocycles. The second kappa shape index (κ2) is 4.01. The Morgan fingerprint density at radius 2 is 2.25 bits per heavy atom. The van der Waals surface area contributed by atoms with Crippen LogP contribution in [-0.2, 0) is 6.42 Å². The van der Waals surface area contributed by atoms with Crippen LogP contribution < -0.4 is 5.73 Å². The van der Waals surface area contributed by atoms with Crippen LogP contribution >= 0.6 is 11.3 Å². The van der Waals surface area contributed by atoms with Gasteiger partial charge in [-0.2, -0.15) is 0 Å². The highest BCUT2D eigenvalue weighted by Crippen LogP contribution is 2.11. The van der Waals surface area contributed by atoms with Gasteiger partial charge in [0.25, 0.3) is 0 Å². The molecule has 0 saturated heterocycles. The average Bonchev–Trinajstić information content (AvgIpc) is 2.35. The number of thiazole rings is 1. The first-order valence-electron chi connectivity index (χ1n) is 4.26. The van der Waals surface area contributed by atoms with E-state index in [-0.39, 0.29) is 6.04 Å². The molecule has 0 spiro atoms. The van der Waals surface area contributed by atoms with Crippen LogP contribution in [0.15, 0.2) is 5.38 Å². The zero-order valence-electron chi connectivity index (χ0n) is 7.87.